The van der Waals surface area contributed by atoms with Crippen LogP contribution in [0.4, 0.5) is 0 Å². The van der Waals surface area contributed by atoms with E-state index < -0.39 is 10.0 Å². The Labute approximate surface area is 126 Å². The van der Waals surface area contributed by atoms with Crippen LogP contribution in [0.5, 0.6) is 0 Å². The van der Waals surface area contributed by atoms with Crippen LogP contribution >= 0.6 is 0 Å². The van der Waals surface area contributed by atoms with Crippen LogP contribution in [0.25, 0.3) is 0 Å². The number of hydrogen-bond acceptors (Lipinski definition) is 4. The van der Waals surface area contributed by atoms with Crippen molar-refractivity contribution in [3.63, 3.8) is 0 Å². The summed E-state index contributed by atoms with van der Waals surface area (Å²) < 4.78 is 28.5. The van der Waals surface area contributed by atoms with Gasteiger partial charge in [-0.3, -0.25) is 9.58 Å². The average Bonchev–Trinajstić information content (AvgIpc) is 3.18. The Bertz CT molecular complexity index is 592. The molecule has 2 heterocycles. The molecule has 0 spiro atoms. The third-order valence-corrected chi connectivity index (χ3v) is 6.34. The highest BCUT2D eigenvalue weighted by Crippen LogP contribution is 2.28. The Morgan fingerprint density at radius 2 is 2.19 bits per heavy atom. The summed E-state index contributed by atoms with van der Waals surface area (Å²) in [6.45, 7) is 6.73. The van der Waals surface area contributed by atoms with Gasteiger partial charge in [0, 0.05) is 31.9 Å². The fraction of sp³-hybridized carbons (Fsp3) is 0.786. The van der Waals surface area contributed by atoms with Crippen LogP contribution in [0.3, 0.4) is 0 Å². The Morgan fingerprint density at radius 1 is 1.43 bits per heavy atom. The van der Waals surface area contributed by atoms with Crippen LogP contribution < -0.4 is 4.72 Å². The lowest BCUT2D eigenvalue weighted by atomic mass is 10.1. The maximum atomic E-state index is 11.9. The minimum absolute atomic E-state index is 0.142. The molecule has 21 heavy (non-hydrogen) atoms. The van der Waals surface area contributed by atoms with Gasteiger partial charge in [-0.25, -0.2) is 13.1 Å². The number of aromatic nitrogens is 2. The largest absolute Gasteiger partial charge is 0.293 e. The van der Waals surface area contributed by atoms with E-state index in [9.17, 15) is 8.42 Å². The van der Waals surface area contributed by atoms with Crippen molar-refractivity contribution < 1.29 is 8.42 Å². The lowest BCUT2D eigenvalue weighted by Gasteiger charge is -2.36. The smallest absolute Gasteiger partial charge is 0.214 e. The third kappa shape index (κ3) is 3.30. The van der Waals surface area contributed by atoms with E-state index in [4.69, 9.17) is 0 Å². The standard InChI is InChI=1S/C14H24N4O2S/c1-11(2)17-9-12-5-7-15-18(12)13(10-17)6-8-16-21(19,20)14-3-4-14/h5,7,11,13-14,16H,3-4,6,8-10H2,1-2H3/t13-/m1/s1. The third-order valence-electron chi connectivity index (χ3n) is 4.38. The Kier molecular flexibility index (Phi) is 4.07. The van der Waals surface area contributed by atoms with Crippen molar-refractivity contribution in [3.8, 4) is 0 Å². The molecule has 3 rings (SSSR count). The van der Waals surface area contributed by atoms with Crippen molar-refractivity contribution in [1.82, 2.24) is 19.4 Å². The summed E-state index contributed by atoms with van der Waals surface area (Å²) in [5.41, 5.74) is 1.21. The van der Waals surface area contributed by atoms with E-state index in [2.05, 4.69) is 39.3 Å². The van der Waals surface area contributed by atoms with Crippen LogP contribution in [0.1, 0.15) is 44.8 Å². The van der Waals surface area contributed by atoms with Crippen molar-refractivity contribution in [3.05, 3.63) is 18.0 Å². The average molecular weight is 312 g/mol. The summed E-state index contributed by atoms with van der Waals surface area (Å²) >= 11 is 0. The first-order chi connectivity index (χ1) is 9.97. The van der Waals surface area contributed by atoms with Gasteiger partial charge in [0.25, 0.3) is 0 Å². The summed E-state index contributed by atoms with van der Waals surface area (Å²) in [5.74, 6) is 0. The topological polar surface area (TPSA) is 67.2 Å². The number of hydrogen-bond donors (Lipinski definition) is 1. The maximum Gasteiger partial charge on any atom is 0.214 e. The molecule has 1 aliphatic carbocycles. The molecule has 0 saturated heterocycles. The van der Waals surface area contributed by atoms with Gasteiger partial charge in [0.1, 0.15) is 0 Å². The molecule has 0 unspecified atom stereocenters. The molecule has 1 aliphatic heterocycles. The molecule has 0 amide bonds. The van der Waals surface area contributed by atoms with E-state index in [1.807, 2.05) is 6.20 Å². The predicted molar refractivity (Wildman–Crippen MR) is 81.4 cm³/mol. The Morgan fingerprint density at radius 3 is 2.86 bits per heavy atom. The van der Waals surface area contributed by atoms with Gasteiger partial charge in [-0.15, -0.1) is 0 Å². The van der Waals surface area contributed by atoms with Crippen molar-refractivity contribution in [2.45, 2.75) is 57.0 Å². The van der Waals surface area contributed by atoms with E-state index >= 15 is 0 Å². The Balaban J connectivity index is 1.62. The van der Waals surface area contributed by atoms with Crippen molar-refractivity contribution in [2.24, 2.45) is 0 Å². The summed E-state index contributed by atoms with van der Waals surface area (Å²) in [6.07, 6.45) is 4.23. The number of rotatable bonds is 6. The quantitative estimate of drug-likeness (QED) is 0.855. The van der Waals surface area contributed by atoms with E-state index in [0.717, 1.165) is 32.4 Å². The highest BCUT2D eigenvalue weighted by Gasteiger charge is 2.35. The van der Waals surface area contributed by atoms with Gasteiger partial charge in [-0.2, -0.15) is 5.10 Å². The fourth-order valence-corrected chi connectivity index (χ4v) is 4.28. The van der Waals surface area contributed by atoms with Gasteiger partial charge < -0.3 is 0 Å². The first-order valence-electron chi connectivity index (χ1n) is 7.72. The van der Waals surface area contributed by atoms with Gasteiger partial charge in [0.2, 0.25) is 10.0 Å². The van der Waals surface area contributed by atoms with E-state index in [1.165, 1.54) is 5.69 Å². The van der Waals surface area contributed by atoms with Gasteiger partial charge >= 0.3 is 0 Å². The zero-order valence-electron chi connectivity index (χ0n) is 12.7. The summed E-state index contributed by atoms with van der Waals surface area (Å²) in [4.78, 5) is 2.41. The van der Waals surface area contributed by atoms with Crippen molar-refractivity contribution in [1.29, 1.82) is 0 Å². The molecule has 0 aromatic carbocycles. The van der Waals surface area contributed by atoms with Gasteiger partial charge in [0.05, 0.1) is 17.0 Å². The molecule has 7 heteroatoms. The molecule has 1 aromatic rings. The molecule has 2 aliphatic rings. The molecule has 118 valence electrons. The highest BCUT2D eigenvalue weighted by molar-refractivity contribution is 7.90. The number of nitrogens with one attached hydrogen (secondary N) is 1. The predicted octanol–water partition coefficient (Wildman–Crippen LogP) is 1.12. The van der Waals surface area contributed by atoms with Crippen LogP contribution in [0.15, 0.2) is 12.3 Å². The molecule has 1 aromatic heterocycles. The molecule has 1 N–H and O–H groups in total. The minimum Gasteiger partial charge on any atom is -0.293 e. The van der Waals surface area contributed by atoms with E-state index in [0.29, 0.717) is 12.6 Å². The second-order valence-electron chi connectivity index (χ2n) is 6.37. The first kappa shape index (κ1) is 15.0. The van der Waals surface area contributed by atoms with Gasteiger partial charge in [-0.05, 0) is 39.2 Å². The number of sulfonamides is 1. The normalized spacial score (nSPS) is 23.5. The molecular weight excluding hydrogens is 288 g/mol. The van der Waals surface area contributed by atoms with Gasteiger partial charge in [-0.1, -0.05) is 0 Å². The monoisotopic (exact) mass is 312 g/mol. The molecule has 1 atom stereocenters. The fourth-order valence-electron chi connectivity index (χ4n) is 2.89. The lowest BCUT2D eigenvalue weighted by molar-refractivity contribution is 0.135. The van der Waals surface area contributed by atoms with Crippen LogP contribution in [0, 0.1) is 0 Å². The second kappa shape index (κ2) is 5.70. The summed E-state index contributed by atoms with van der Waals surface area (Å²) in [6, 6.07) is 2.78. The zero-order valence-corrected chi connectivity index (χ0v) is 13.5. The van der Waals surface area contributed by atoms with Crippen molar-refractivity contribution >= 4 is 10.0 Å². The lowest BCUT2D eigenvalue weighted by Crippen LogP contribution is -2.42. The molecular formula is C14H24N4O2S. The van der Waals surface area contributed by atoms with E-state index in [-0.39, 0.29) is 11.3 Å². The SMILES string of the molecule is CC(C)N1Cc2ccnn2[C@H](CCNS(=O)(=O)C2CC2)C1. The molecule has 6 nitrogen and oxygen atoms in total. The minimum atomic E-state index is -3.08. The summed E-state index contributed by atoms with van der Waals surface area (Å²) in [5, 5.41) is 4.26. The zero-order chi connectivity index (χ0) is 15.0. The van der Waals surface area contributed by atoms with Crippen molar-refractivity contribution in [2.75, 3.05) is 13.1 Å². The molecule has 1 fully saturated rings. The van der Waals surface area contributed by atoms with Crippen LogP contribution in [0.2, 0.25) is 0 Å². The van der Waals surface area contributed by atoms with Gasteiger partial charge in [0.15, 0.2) is 0 Å². The second-order valence-corrected chi connectivity index (χ2v) is 8.42. The number of nitrogens with zero attached hydrogens (tertiary/aromatic N) is 3. The van der Waals surface area contributed by atoms with Crippen LogP contribution in [-0.4, -0.2) is 47.5 Å². The molecule has 0 bridgehead atoms. The first-order valence-corrected chi connectivity index (χ1v) is 9.27. The highest BCUT2D eigenvalue weighted by atomic mass is 32.2. The van der Waals surface area contributed by atoms with E-state index in [1.54, 1.807) is 0 Å². The van der Waals surface area contributed by atoms with Crippen LogP contribution in [-0.2, 0) is 16.6 Å². The Hall–Kier alpha value is -0.920. The summed E-state index contributed by atoms with van der Waals surface area (Å²) in [7, 11) is -3.08. The maximum absolute atomic E-state index is 11.9. The molecule has 0 radical (unpaired) electrons. The number of fused-ring (bicyclic) bond motifs is 1. The molecule has 1 saturated carbocycles.